The van der Waals surface area contributed by atoms with E-state index in [1.807, 2.05) is 0 Å². The standard InChI is InChI=1S/C6H12OS/c1-5-2-6(4-8)7-3-5/h5-6,8H,2-4H2,1H3. The molecule has 0 aromatic heterocycles. The van der Waals surface area contributed by atoms with Crippen LogP contribution < -0.4 is 0 Å². The molecule has 0 saturated carbocycles. The Bertz CT molecular complexity index is 74.9. The van der Waals surface area contributed by atoms with Crippen LogP contribution in [0.25, 0.3) is 0 Å². The highest BCUT2D eigenvalue weighted by Crippen LogP contribution is 2.18. The first-order chi connectivity index (χ1) is 3.83. The Hall–Kier alpha value is 0.310. The first kappa shape index (κ1) is 6.43. The first-order valence-corrected chi connectivity index (χ1v) is 3.68. The average Bonchev–Trinajstić information content (AvgIpc) is 2.14. The lowest BCUT2D eigenvalue weighted by molar-refractivity contribution is 0.124. The van der Waals surface area contributed by atoms with Crippen molar-refractivity contribution < 1.29 is 4.74 Å². The molecule has 2 atom stereocenters. The van der Waals surface area contributed by atoms with E-state index in [1.54, 1.807) is 0 Å². The van der Waals surface area contributed by atoms with Gasteiger partial charge >= 0.3 is 0 Å². The van der Waals surface area contributed by atoms with Gasteiger partial charge < -0.3 is 4.74 Å². The Kier molecular flexibility index (Phi) is 2.20. The van der Waals surface area contributed by atoms with Gasteiger partial charge in [0.25, 0.3) is 0 Å². The van der Waals surface area contributed by atoms with Gasteiger partial charge in [-0.1, -0.05) is 6.92 Å². The monoisotopic (exact) mass is 132 g/mol. The molecule has 0 radical (unpaired) electrons. The fourth-order valence-electron chi connectivity index (χ4n) is 1.01. The fourth-order valence-corrected chi connectivity index (χ4v) is 1.27. The van der Waals surface area contributed by atoms with Crippen molar-refractivity contribution in [3.63, 3.8) is 0 Å². The summed E-state index contributed by atoms with van der Waals surface area (Å²) in [7, 11) is 0. The minimum Gasteiger partial charge on any atom is -0.377 e. The van der Waals surface area contributed by atoms with Crippen molar-refractivity contribution in [2.45, 2.75) is 19.4 Å². The molecule has 0 spiro atoms. The van der Waals surface area contributed by atoms with Crippen molar-refractivity contribution in [1.82, 2.24) is 0 Å². The predicted octanol–water partition coefficient (Wildman–Crippen LogP) is 1.34. The maximum absolute atomic E-state index is 5.34. The summed E-state index contributed by atoms with van der Waals surface area (Å²) in [6.45, 7) is 3.15. The maximum Gasteiger partial charge on any atom is 0.0666 e. The third kappa shape index (κ3) is 1.39. The van der Waals surface area contributed by atoms with Gasteiger partial charge in [0.15, 0.2) is 0 Å². The van der Waals surface area contributed by atoms with E-state index in [9.17, 15) is 0 Å². The molecule has 48 valence electrons. The van der Waals surface area contributed by atoms with Gasteiger partial charge in [-0.15, -0.1) is 0 Å². The van der Waals surface area contributed by atoms with Crippen molar-refractivity contribution in [2.24, 2.45) is 5.92 Å². The van der Waals surface area contributed by atoms with Crippen LogP contribution in [-0.2, 0) is 4.74 Å². The molecule has 1 rings (SSSR count). The zero-order valence-electron chi connectivity index (χ0n) is 5.13. The van der Waals surface area contributed by atoms with Crippen LogP contribution in [0, 0.1) is 5.92 Å². The van der Waals surface area contributed by atoms with Gasteiger partial charge in [0.05, 0.1) is 6.10 Å². The number of ether oxygens (including phenoxy) is 1. The van der Waals surface area contributed by atoms with Crippen LogP contribution in [0.1, 0.15) is 13.3 Å². The molecule has 0 amide bonds. The summed E-state index contributed by atoms with van der Waals surface area (Å²) in [6, 6.07) is 0. The highest BCUT2D eigenvalue weighted by Gasteiger charge is 2.19. The van der Waals surface area contributed by atoms with E-state index in [2.05, 4.69) is 19.6 Å². The Morgan fingerprint density at radius 3 is 2.75 bits per heavy atom. The van der Waals surface area contributed by atoms with Crippen molar-refractivity contribution in [3.8, 4) is 0 Å². The van der Waals surface area contributed by atoms with Crippen LogP contribution in [0.3, 0.4) is 0 Å². The number of thiol groups is 1. The van der Waals surface area contributed by atoms with Crippen LogP contribution in [0.5, 0.6) is 0 Å². The second kappa shape index (κ2) is 2.74. The number of hydrogen-bond acceptors (Lipinski definition) is 2. The van der Waals surface area contributed by atoms with Crippen molar-refractivity contribution in [2.75, 3.05) is 12.4 Å². The molecule has 1 aliphatic rings. The van der Waals surface area contributed by atoms with Gasteiger partial charge in [0.2, 0.25) is 0 Å². The number of rotatable bonds is 1. The van der Waals surface area contributed by atoms with Gasteiger partial charge in [-0.2, -0.15) is 12.6 Å². The second-order valence-corrected chi connectivity index (χ2v) is 2.84. The largest absolute Gasteiger partial charge is 0.377 e. The molecule has 1 fully saturated rings. The minimum atomic E-state index is 0.438. The fraction of sp³-hybridized carbons (Fsp3) is 1.00. The smallest absolute Gasteiger partial charge is 0.0666 e. The minimum absolute atomic E-state index is 0.438. The molecule has 1 saturated heterocycles. The lowest BCUT2D eigenvalue weighted by Gasteiger charge is -2.01. The summed E-state index contributed by atoms with van der Waals surface area (Å²) in [6.07, 6.45) is 1.64. The normalized spacial score (nSPS) is 38.2. The highest BCUT2D eigenvalue weighted by molar-refractivity contribution is 7.80. The molecule has 0 bridgehead atoms. The Morgan fingerprint density at radius 2 is 2.50 bits per heavy atom. The lowest BCUT2D eigenvalue weighted by Crippen LogP contribution is -2.05. The summed E-state index contributed by atoms with van der Waals surface area (Å²) in [5.41, 5.74) is 0. The van der Waals surface area contributed by atoms with Crippen molar-refractivity contribution in [1.29, 1.82) is 0 Å². The van der Waals surface area contributed by atoms with Crippen LogP contribution in [0.15, 0.2) is 0 Å². The van der Waals surface area contributed by atoms with Gasteiger partial charge in [-0.25, -0.2) is 0 Å². The molecule has 8 heavy (non-hydrogen) atoms. The summed E-state index contributed by atoms with van der Waals surface area (Å²) in [5.74, 6) is 1.64. The Balaban J connectivity index is 2.22. The third-order valence-corrected chi connectivity index (χ3v) is 1.89. The molecule has 0 aromatic carbocycles. The summed E-state index contributed by atoms with van der Waals surface area (Å²) in [4.78, 5) is 0. The van der Waals surface area contributed by atoms with Gasteiger partial charge in [-0.3, -0.25) is 0 Å². The quantitative estimate of drug-likeness (QED) is 0.530. The number of hydrogen-bond donors (Lipinski definition) is 1. The maximum atomic E-state index is 5.34. The molecule has 2 heteroatoms. The molecular weight excluding hydrogens is 120 g/mol. The highest BCUT2D eigenvalue weighted by atomic mass is 32.1. The first-order valence-electron chi connectivity index (χ1n) is 3.05. The van der Waals surface area contributed by atoms with Gasteiger partial charge in [-0.05, 0) is 12.3 Å². The van der Waals surface area contributed by atoms with Crippen molar-refractivity contribution >= 4 is 12.6 Å². The van der Waals surface area contributed by atoms with E-state index < -0.39 is 0 Å². The van der Waals surface area contributed by atoms with E-state index in [1.165, 1.54) is 6.42 Å². The van der Waals surface area contributed by atoms with E-state index in [-0.39, 0.29) is 0 Å². The topological polar surface area (TPSA) is 9.23 Å². The molecule has 1 aliphatic heterocycles. The zero-order valence-corrected chi connectivity index (χ0v) is 6.03. The molecule has 1 heterocycles. The molecule has 0 N–H and O–H groups in total. The Labute approximate surface area is 55.8 Å². The van der Waals surface area contributed by atoms with E-state index in [4.69, 9.17) is 4.74 Å². The summed E-state index contributed by atoms with van der Waals surface area (Å²) in [5, 5.41) is 0. The van der Waals surface area contributed by atoms with Gasteiger partial charge in [0.1, 0.15) is 0 Å². The molecule has 2 unspecified atom stereocenters. The van der Waals surface area contributed by atoms with E-state index in [0.29, 0.717) is 6.10 Å². The lowest BCUT2D eigenvalue weighted by atomic mass is 10.1. The van der Waals surface area contributed by atoms with E-state index in [0.717, 1.165) is 18.3 Å². The molecule has 1 nitrogen and oxygen atoms in total. The summed E-state index contributed by atoms with van der Waals surface area (Å²) >= 11 is 4.13. The molecule has 0 aliphatic carbocycles. The third-order valence-electron chi connectivity index (χ3n) is 1.49. The van der Waals surface area contributed by atoms with Gasteiger partial charge in [0, 0.05) is 12.4 Å². The van der Waals surface area contributed by atoms with E-state index >= 15 is 0 Å². The van der Waals surface area contributed by atoms with Crippen LogP contribution in [0.2, 0.25) is 0 Å². The van der Waals surface area contributed by atoms with Crippen LogP contribution >= 0.6 is 12.6 Å². The SMILES string of the molecule is CC1COC(CS)C1. The van der Waals surface area contributed by atoms with Crippen LogP contribution in [-0.4, -0.2) is 18.5 Å². The zero-order chi connectivity index (χ0) is 5.98. The molecule has 0 aromatic rings. The van der Waals surface area contributed by atoms with Crippen molar-refractivity contribution in [3.05, 3.63) is 0 Å². The Morgan fingerprint density at radius 1 is 1.75 bits per heavy atom. The van der Waals surface area contributed by atoms with Crippen LogP contribution in [0.4, 0.5) is 0 Å². The predicted molar refractivity (Wildman–Crippen MR) is 37.4 cm³/mol. The average molecular weight is 132 g/mol. The molecular formula is C6H12OS. The summed E-state index contributed by atoms with van der Waals surface area (Å²) < 4.78 is 5.34. The second-order valence-electron chi connectivity index (χ2n) is 2.48.